The normalized spacial score (nSPS) is 26.0. The van der Waals surface area contributed by atoms with Crippen molar-refractivity contribution in [2.45, 2.75) is 24.8 Å². The summed E-state index contributed by atoms with van der Waals surface area (Å²) in [5.41, 5.74) is -0.760. The van der Waals surface area contributed by atoms with Gasteiger partial charge in [-0.3, -0.25) is 14.7 Å². The number of hydrogen-bond acceptors (Lipinski definition) is 4. The molecule has 2 fully saturated rings. The largest absolute Gasteiger partial charge is 0.325 e. The Kier molecular flexibility index (Phi) is 4.25. The number of aromatic nitrogens is 1. The fraction of sp³-hybridized carbons (Fsp3) is 0.533. The molecule has 2 aliphatic rings. The van der Waals surface area contributed by atoms with Crippen LogP contribution in [0.2, 0.25) is 0 Å². The van der Waals surface area contributed by atoms with E-state index in [-0.39, 0.29) is 5.92 Å². The lowest BCUT2D eigenvalue weighted by atomic mass is 9.74. The zero-order chi connectivity index (χ0) is 16.4. The highest BCUT2D eigenvalue weighted by atomic mass is 19.3. The smallest absolute Gasteiger partial charge is 0.319 e. The second kappa shape index (κ2) is 6.19. The third-order valence-electron chi connectivity index (χ3n) is 4.52. The number of imide groups is 1. The molecule has 8 heteroatoms. The lowest BCUT2D eigenvalue weighted by Crippen LogP contribution is -2.53. The number of carbonyl (C=O) groups excluding carboxylic acids is 2. The van der Waals surface area contributed by atoms with Gasteiger partial charge in [-0.05, 0) is 37.9 Å². The number of alkyl halides is 2. The second-order valence-electron chi connectivity index (χ2n) is 5.81. The number of nitrogens with zero attached hydrogens (tertiary/aromatic N) is 2. The van der Waals surface area contributed by atoms with Crippen LogP contribution in [0.5, 0.6) is 0 Å². The molecule has 1 atom stereocenters. The van der Waals surface area contributed by atoms with Crippen molar-refractivity contribution in [3.05, 3.63) is 30.1 Å². The molecule has 0 radical (unpaired) electrons. The Bertz CT molecular complexity index is 592. The number of amides is 3. The van der Waals surface area contributed by atoms with Crippen LogP contribution < -0.4 is 10.6 Å². The maximum absolute atomic E-state index is 12.9. The number of urea groups is 1. The Balaban J connectivity index is 2.03. The van der Waals surface area contributed by atoms with Gasteiger partial charge in [-0.15, -0.1) is 0 Å². The van der Waals surface area contributed by atoms with Gasteiger partial charge in [0.1, 0.15) is 0 Å². The van der Waals surface area contributed by atoms with Crippen molar-refractivity contribution in [2.24, 2.45) is 5.92 Å². The summed E-state index contributed by atoms with van der Waals surface area (Å²) in [6.07, 6.45) is 1.67. The van der Waals surface area contributed by atoms with E-state index in [9.17, 15) is 18.4 Å². The van der Waals surface area contributed by atoms with Crippen molar-refractivity contribution in [2.75, 3.05) is 19.6 Å². The van der Waals surface area contributed by atoms with Crippen molar-refractivity contribution in [1.29, 1.82) is 0 Å². The molecule has 0 aromatic carbocycles. The Morgan fingerprint density at radius 1 is 1.35 bits per heavy atom. The average molecular weight is 324 g/mol. The van der Waals surface area contributed by atoms with E-state index in [1.807, 2.05) is 0 Å². The predicted molar refractivity (Wildman–Crippen MR) is 77.8 cm³/mol. The number of piperidine rings is 1. The number of carbonyl (C=O) groups is 2. The molecule has 2 saturated heterocycles. The lowest BCUT2D eigenvalue weighted by Gasteiger charge is -2.37. The van der Waals surface area contributed by atoms with E-state index >= 15 is 0 Å². The highest BCUT2D eigenvalue weighted by molar-refractivity contribution is 6.07. The quantitative estimate of drug-likeness (QED) is 0.813. The van der Waals surface area contributed by atoms with Crippen molar-refractivity contribution in [3.63, 3.8) is 0 Å². The van der Waals surface area contributed by atoms with Crippen LogP contribution in [-0.4, -0.2) is 47.9 Å². The Morgan fingerprint density at radius 2 is 2.09 bits per heavy atom. The van der Waals surface area contributed by atoms with Crippen LogP contribution in [0.3, 0.4) is 0 Å². The molecule has 1 aromatic rings. The van der Waals surface area contributed by atoms with Crippen LogP contribution in [0.25, 0.3) is 0 Å². The molecule has 6 nitrogen and oxygen atoms in total. The number of rotatable bonds is 4. The molecule has 23 heavy (non-hydrogen) atoms. The van der Waals surface area contributed by atoms with Gasteiger partial charge < -0.3 is 10.6 Å². The van der Waals surface area contributed by atoms with E-state index < -0.39 is 30.4 Å². The molecule has 0 spiro atoms. The fourth-order valence-electron chi connectivity index (χ4n) is 3.46. The summed E-state index contributed by atoms with van der Waals surface area (Å²) in [7, 11) is 0. The van der Waals surface area contributed by atoms with Gasteiger partial charge in [-0.1, -0.05) is 6.07 Å². The first-order valence-electron chi connectivity index (χ1n) is 7.59. The summed E-state index contributed by atoms with van der Waals surface area (Å²) >= 11 is 0. The highest BCUT2D eigenvalue weighted by Crippen LogP contribution is 2.40. The van der Waals surface area contributed by atoms with Gasteiger partial charge in [-0.2, -0.15) is 0 Å². The molecule has 2 N–H and O–H groups in total. The van der Waals surface area contributed by atoms with Crippen LogP contribution in [-0.2, 0) is 10.3 Å². The molecule has 0 unspecified atom stereocenters. The van der Waals surface area contributed by atoms with Crippen molar-refractivity contribution < 1.29 is 18.4 Å². The molecular formula is C15H18F2N4O2. The summed E-state index contributed by atoms with van der Waals surface area (Å²) in [5, 5.41) is 5.90. The van der Waals surface area contributed by atoms with Crippen molar-refractivity contribution in [3.8, 4) is 0 Å². The molecule has 0 aliphatic carbocycles. The summed E-state index contributed by atoms with van der Waals surface area (Å²) < 4.78 is 25.5. The van der Waals surface area contributed by atoms with E-state index in [1.165, 1.54) is 6.20 Å². The molecular weight excluding hydrogens is 306 g/mol. The predicted octanol–water partition coefficient (Wildman–Crippen LogP) is 1.09. The van der Waals surface area contributed by atoms with Crippen LogP contribution in [0.1, 0.15) is 18.4 Å². The zero-order valence-electron chi connectivity index (χ0n) is 12.5. The molecule has 3 amide bonds. The number of halogens is 2. The summed E-state index contributed by atoms with van der Waals surface area (Å²) in [5.74, 6) is -0.769. The number of pyridine rings is 1. The Hall–Kier alpha value is -2.09. The van der Waals surface area contributed by atoms with E-state index in [0.29, 0.717) is 36.4 Å². The summed E-state index contributed by atoms with van der Waals surface area (Å²) in [6.45, 7) is 0.535. The topological polar surface area (TPSA) is 74.3 Å². The van der Waals surface area contributed by atoms with E-state index in [0.717, 1.165) is 0 Å². The van der Waals surface area contributed by atoms with E-state index in [1.54, 1.807) is 18.3 Å². The number of hydrogen-bond donors (Lipinski definition) is 2. The van der Waals surface area contributed by atoms with E-state index in [4.69, 9.17) is 0 Å². The first-order chi connectivity index (χ1) is 11.1. The maximum Gasteiger partial charge on any atom is 0.325 e. The third kappa shape index (κ3) is 2.67. The molecule has 124 valence electrons. The van der Waals surface area contributed by atoms with Crippen LogP contribution in [0.15, 0.2) is 24.5 Å². The van der Waals surface area contributed by atoms with Gasteiger partial charge in [0.15, 0.2) is 5.54 Å². The van der Waals surface area contributed by atoms with Gasteiger partial charge >= 0.3 is 6.03 Å². The Labute approximate surface area is 132 Å². The van der Waals surface area contributed by atoms with Crippen molar-refractivity contribution in [1.82, 2.24) is 20.5 Å². The molecule has 0 bridgehead atoms. The lowest BCUT2D eigenvalue weighted by molar-refractivity contribution is -0.135. The van der Waals surface area contributed by atoms with Crippen LogP contribution >= 0.6 is 0 Å². The fourth-order valence-corrected chi connectivity index (χ4v) is 3.46. The maximum atomic E-state index is 12.9. The minimum Gasteiger partial charge on any atom is -0.319 e. The second-order valence-corrected chi connectivity index (χ2v) is 5.81. The zero-order valence-corrected chi connectivity index (χ0v) is 12.5. The molecule has 0 saturated carbocycles. The summed E-state index contributed by atoms with van der Waals surface area (Å²) in [4.78, 5) is 29.8. The van der Waals surface area contributed by atoms with Crippen molar-refractivity contribution >= 4 is 11.9 Å². The first-order valence-corrected chi connectivity index (χ1v) is 7.59. The minimum absolute atomic E-state index is 0.160. The summed E-state index contributed by atoms with van der Waals surface area (Å²) in [6, 6.07) is 2.62. The number of nitrogens with one attached hydrogen (secondary N) is 2. The van der Waals surface area contributed by atoms with Gasteiger partial charge in [0.25, 0.3) is 12.3 Å². The van der Waals surface area contributed by atoms with Gasteiger partial charge in [0.05, 0.1) is 6.54 Å². The van der Waals surface area contributed by atoms with E-state index in [2.05, 4.69) is 15.6 Å². The standard InChI is InChI=1S/C15H18F2N4O2/c16-12(17)9-21-13(22)15(20-14(21)23,10-3-6-18-7-4-10)11-2-1-5-19-8-11/h1-2,5,8,10,12,18H,3-4,6-7,9H2,(H,20,23)/t15-/m0/s1. The molecule has 3 heterocycles. The molecule has 1 aromatic heterocycles. The minimum atomic E-state index is -2.76. The van der Waals surface area contributed by atoms with Gasteiger partial charge in [-0.25, -0.2) is 13.6 Å². The Morgan fingerprint density at radius 3 is 2.70 bits per heavy atom. The SMILES string of the molecule is O=C1N[C@](c2cccnc2)(C2CCNCC2)C(=O)N1CC(F)F. The monoisotopic (exact) mass is 324 g/mol. The molecule has 2 aliphatic heterocycles. The average Bonchev–Trinajstić information content (AvgIpc) is 2.82. The van der Waals surface area contributed by atoms with Gasteiger partial charge in [0.2, 0.25) is 0 Å². The highest BCUT2D eigenvalue weighted by Gasteiger charge is 2.57. The van der Waals surface area contributed by atoms with Crippen LogP contribution in [0.4, 0.5) is 13.6 Å². The van der Waals surface area contributed by atoms with Crippen LogP contribution in [0, 0.1) is 5.92 Å². The molecule has 3 rings (SSSR count). The third-order valence-corrected chi connectivity index (χ3v) is 4.52. The first kappa shape index (κ1) is 15.8. The van der Waals surface area contributed by atoms with Gasteiger partial charge in [0, 0.05) is 18.0 Å².